The molecule has 30 heavy (non-hydrogen) atoms. The van der Waals surface area contributed by atoms with E-state index in [9.17, 15) is 4.39 Å². The summed E-state index contributed by atoms with van der Waals surface area (Å²) in [7, 11) is 0. The monoisotopic (exact) mass is 415 g/mol. The molecule has 4 heterocycles. The average Bonchev–Trinajstić information content (AvgIpc) is 3.23. The van der Waals surface area contributed by atoms with Crippen molar-refractivity contribution >= 4 is 17.0 Å². The Balaban J connectivity index is 1.47. The highest BCUT2D eigenvalue weighted by molar-refractivity contribution is 5.81. The zero-order valence-corrected chi connectivity index (χ0v) is 16.1. The van der Waals surface area contributed by atoms with Gasteiger partial charge in [-0.2, -0.15) is 0 Å². The Morgan fingerprint density at radius 3 is 2.83 bits per heavy atom. The van der Waals surface area contributed by atoms with Crippen molar-refractivity contribution in [3.63, 3.8) is 0 Å². The first-order valence-electron chi connectivity index (χ1n) is 9.80. The van der Waals surface area contributed by atoms with Crippen molar-refractivity contribution < 1.29 is 23.3 Å². The summed E-state index contributed by atoms with van der Waals surface area (Å²) in [5.41, 5.74) is 7.89. The van der Waals surface area contributed by atoms with Gasteiger partial charge in [-0.15, -0.1) is 0 Å². The molecule has 2 aliphatic heterocycles. The van der Waals surface area contributed by atoms with Crippen LogP contribution in [0.25, 0.3) is 11.2 Å². The van der Waals surface area contributed by atoms with Crippen LogP contribution < -0.4 is 5.73 Å². The molecule has 5 rings (SSSR count). The lowest BCUT2D eigenvalue weighted by Gasteiger charge is -2.46. The molecule has 5 atom stereocenters. The molecule has 0 bridgehead atoms. The van der Waals surface area contributed by atoms with E-state index in [0.717, 1.165) is 5.56 Å². The molecule has 2 saturated heterocycles. The van der Waals surface area contributed by atoms with Crippen LogP contribution >= 0.6 is 0 Å². The van der Waals surface area contributed by atoms with Crippen LogP contribution in [0.5, 0.6) is 0 Å². The molecule has 10 heteroatoms. The molecule has 0 radical (unpaired) electrons. The smallest absolute Gasteiger partial charge is 0.184 e. The molecular formula is C20H22FN5O4. The third kappa shape index (κ3) is 3.41. The number of ether oxygens (including phenoxy) is 4. The molecule has 0 spiro atoms. The molecule has 2 N–H and O–H groups in total. The summed E-state index contributed by atoms with van der Waals surface area (Å²) < 4.78 is 39.0. The minimum atomic E-state index is -0.597. The van der Waals surface area contributed by atoms with Gasteiger partial charge in [0.05, 0.1) is 32.2 Å². The topological polar surface area (TPSA) is 107 Å². The largest absolute Gasteiger partial charge is 0.382 e. The number of anilines is 1. The van der Waals surface area contributed by atoms with E-state index in [2.05, 4.69) is 15.0 Å². The van der Waals surface area contributed by atoms with Crippen molar-refractivity contribution in [1.29, 1.82) is 0 Å². The van der Waals surface area contributed by atoms with Crippen LogP contribution in [-0.4, -0.2) is 64.3 Å². The first kappa shape index (κ1) is 19.3. The first-order valence-corrected chi connectivity index (χ1v) is 9.80. The van der Waals surface area contributed by atoms with Gasteiger partial charge in [-0.3, -0.25) is 0 Å². The van der Waals surface area contributed by atoms with Crippen molar-refractivity contribution in [2.45, 2.75) is 30.6 Å². The van der Waals surface area contributed by atoms with Crippen molar-refractivity contribution in [2.24, 2.45) is 0 Å². The Labute approximate surface area is 171 Å². The van der Waals surface area contributed by atoms with E-state index in [1.54, 1.807) is 6.33 Å². The van der Waals surface area contributed by atoms with Gasteiger partial charge in [0, 0.05) is 5.56 Å². The van der Waals surface area contributed by atoms with Gasteiger partial charge in [-0.05, 0) is 0 Å². The average molecular weight is 415 g/mol. The van der Waals surface area contributed by atoms with E-state index in [1.165, 1.54) is 6.33 Å². The second kappa shape index (κ2) is 8.23. The fraction of sp³-hybridized carbons (Fsp3) is 0.450. The van der Waals surface area contributed by atoms with Gasteiger partial charge < -0.3 is 29.2 Å². The van der Waals surface area contributed by atoms with E-state index in [4.69, 9.17) is 24.7 Å². The Hall–Kier alpha value is -2.66. The molecule has 2 aliphatic rings. The molecule has 2 aromatic heterocycles. The van der Waals surface area contributed by atoms with Gasteiger partial charge in [0.15, 0.2) is 17.8 Å². The number of alkyl halides is 1. The molecule has 9 nitrogen and oxygen atoms in total. The van der Waals surface area contributed by atoms with Crippen molar-refractivity contribution in [1.82, 2.24) is 19.5 Å². The number of hydrogen-bond donors (Lipinski definition) is 1. The zero-order valence-electron chi connectivity index (χ0n) is 16.1. The molecule has 158 valence electrons. The number of aromatic nitrogens is 4. The molecule has 1 aromatic carbocycles. The number of nitrogen functional groups attached to an aromatic ring is 1. The predicted molar refractivity (Wildman–Crippen MR) is 104 cm³/mol. The highest BCUT2D eigenvalue weighted by Crippen LogP contribution is 2.37. The number of rotatable bonds is 5. The van der Waals surface area contributed by atoms with Crippen LogP contribution in [0.4, 0.5) is 10.2 Å². The number of fused-ring (bicyclic) bond motifs is 2. The Morgan fingerprint density at radius 1 is 1.13 bits per heavy atom. The summed E-state index contributed by atoms with van der Waals surface area (Å²) in [4.78, 5) is 12.6. The Kier molecular flexibility index (Phi) is 5.30. The SMILES string of the molecule is Nc1ncnc2c1ncn2[C@@H]1CO[C@@H]2COC(c3ccccc3)O[C@H]2[C@H]1OCCF. The second-order valence-corrected chi connectivity index (χ2v) is 7.22. The van der Waals surface area contributed by atoms with Crippen LogP contribution in [0.3, 0.4) is 0 Å². The highest BCUT2D eigenvalue weighted by Gasteiger charge is 2.47. The maximum Gasteiger partial charge on any atom is 0.184 e. The van der Waals surface area contributed by atoms with E-state index in [-0.39, 0.29) is 18.8 Å². The lowest BCUT2D eigenvalue weighted by atomic mass is 9.96. The quantitative estimate of drug-likeness (QED) is 0.673. The van der Waals surface area contributed by atoms with Gasteiger partial charge in [0.25, 0.3) is 0 Å². The third-order valence-corrected chi connectivity index (χ3v) is 5.45. The van der Waals surface area contributed by atoms with Crippen LogP contribution in [0.15, 0.2) is 43.0 Å². The van der Waals surface area contributed by atoms with Gasteiger partial charge in [0.1, 0.15) is 36.8 Å². The Morgan fingerprint density at radius 2 is 2.00 bits per heavy atom. The van der Waals surface area contributed by atoms with Gasteiger partial charge >= 0.3 is 0 Å². The summed E-state index contributed by atoms with van der Waals surface area (Å²) in [6.07, 6.45) is 1.21. The fourth-order valence-corrected chi connectivity index (χ4v) is 4.04. The second-order valence-electron chi connectivity index (χ2n) is 7.22. The summed E-state index contributed by atoms with van der Waals surface area (Å²) >= 11 is 0. The van der Waals surface area contributed by atoms with Crippen LogP contribution in [0, 0.1) is 0 Å². The molecule has 0 aliphatic carbocycles. The summed E-state index contributed by atoms with van der Waals surface area (Å²) in [6.45, 7) is 0.0245. The molecule has 2 fully saturated rings. The summed E-state index contributed by atoms with van der Waals surface area (Å²) in [6, 6.07) is 9.32. The number of nitrogens with two attached hydrogens (primary N) is 1. The van der Waals surface area contributed by atoms with Crippen molar-refractivity contribution in [3.05, 3.63) is 48.5 Å². The number of halogens is 1. The Bertz CT molecular complexity index is 1000. The minimum absolute atomic E-state index is 0.0473. The van der Waals surface area contributed by atoms with Crippen molar-refractivity contribution in [3.8, 4) is 0 Å². The van der Waals surface area contributed by atoms with Gasteiger partial charge in [-0.1, -0.05) is 30.3 Å². The maximum atomic E-state index is 13.0. The maximum absolute atomic E-state index is 13.0. The third-order valence-electron chi connectivity index (χ3n) is 5.45. The van der Waals surface area contributed by atoms with Gasteiger partial charge in [0.2, 0.25) is 0 Å². The van der Waals surface area contributed by atoms with E-state index in [1.807, 2.05) is 34.9 Å². The minimum Gasteiger partial charge on any atom is -0.382 e. The predicted octanol–water partition coefficient (Wildman–Crippen LogP) is 1.82. The summed E-state index contributed by atoms with van der Waals surface area (Å²) in [5.74, 6) is 0.293. The normalized spacial score (nSPS) is 29.0. The van der Waals surface area contributed by atoms with E-state index >= 15 is 0 Å². The van der Waals surface area contributed by atoms with E-state index < -0.39 is 25.2 Å². The molecule has 3 aromatic rings. The summed E-state index contributed by atoms with van der Waals surface area (Å²) in [5, 5.41) is 0. The molecule has 0 saturated carbocycles. The number of hydrogen-bond acceptors (Lipinski definition) is 8. The standard InChI is InChI=1S/C20H22FN5O4/c21-6-7-27-16-13(26-11-25-15-18(22)23-10-24-19(15)26)8-28-14-9-29-20(30-17(14)16)12-4-2-1-3-5-12/h1-5,10-11,13-14,16-17,20H,6-9H2,(H2,22,23,24)/t13-,14-,16+,17-,20?/m1/s1. The van der Waals surface area contributed by atoms with Crippen LogP contribution in [0.2, 0.25) is 0 Å². The lowest BCUT2D eigenvalue weighted by molar-refractivity contribution is -0.311. The van der Waals surface area contributed by atoms with Gasteiger partial charge in [-0.25, -0.2) is 19.3 Å². The molecule has 1 unspecified atom stereocenters. The van der Waals surface area contributed by atoms with Crippen LogP contribution in [-0.2, 0) is 18.9 Å². The fourth-order valence-electron chi connectivity index (χ4n) is 4.04. The lowest BCUT2D eigenvalue weighted by Crippen LogP contribution is -2.57. The highest BCUT2D eigenvalue weighted by atomic mass is 19.1. The molecular weight excluding hydrogens is 393 g/mol. The number of imidazole rings is 1. The van der Waals surface area contributed by atoms with E-state index in [0.29, 0.717) is 30.2 Å². The first-order chi connectivity index (χ1) is 14.8. The number of benzene rings is 1. The zero-order chi connectivity index (χ0) is 20.5. The van der Waals surface area contributed by atoms with Crippen molar-refractivity contribution in [2.75, 3.05) is 32.2 Å². The molecule has 0 amide bonds. The number of nitrogens with zero attached hydrogens (tertiary/aromatic N) is 4. The van der Waals surface area contributed by atoms with Crippen LogP contribution in [0.1, 0.15) is 17.9 Å².